The highest BCUT2D eigenvalue weighted by Gasteiger charge is 2.11. The average molecular weight is 248 g/mol. The first-order valence-corrected chi connectivity index (χ1v) is 5.99. The van der Waals surface area contributed by atoms with E-state index in [4.69, 9.17) is 5.73 Å². The van der Waals surface area contributed by atoms with Gasteiger partial charge in [-0.3, -0.25) is 9.78 Å². The standard InChI is InChI=1S/C16H12N2O/c17-15-12(10-19)9-14(11-5-2-1-3-6-11)13-7-4-8-18-16(13)15/h1-10H,17H2. The number of carbonyl (C=O) groups is 1. The Morgan fingerprint density at radius 2 is 1.84 bits per heavy atom. The van der Waals surface area contributed by atoms with Crippen LogP contribution in [0.3, 0.4) is 0 Å². The number of nitrogens with zero attached hydrogens (tertiary/aromatic N) is 1. The lowest BCUT2D eigenvalue weighted by molar-refractivity contribution is 0.112. The highest BCUT2D eigenvalue weighted by atomic mass is 16.1. The zero-order valence-corrected chi connectivity index (χ0v) is 10.2. The van der Waals surface area contributed by atoms with Gasteiger partial charge in [-0.2, -0.15) is 0 Å². The van der Waals surface area contributed by atoms with Crippen LogP contribution in [0.4, 0.5) is 5.69 Å². The van der Waals surface area contributed by atoms with Gasteiger partial charge in [0.25, 0.3) is 0 Å². The minimum absolute atomic E-state index is 0.435. The molecule has 0 aliphatic heterocycles. The third-order valence-electron chi connectivity index (χ3n) is 3.18. The van der Waals surface area contributed by atoms with Crippen molar-refractivity contribution in [3.8, 4) is 11.1 Å². The number of aromatic nitrogens is 1. The number of rotatable bonds is 2. The molecule has 0 radical (unpaired) electrons. The van der Waals surface area contributed by atoms with Gasteiger partial charge in [0.2, 0.25) is 0 Å². The molecule has 0 aliphatic carbocycles. The third kappa shape index (κ3) is 1.85. The maximum Gasteiger partial charge on any atom is 0.152 e. The van der Waals surface area contributed by atoms with Crippen molar-refractivity contribution in [2.45, 2.75) is 0 Å². The number of anilines is 1. The molecule has 0 fully saturated rings. The van der Waals surface area contributed by atoms with Crippen molar-refractivity contribution in [2.24, 2.45) is 0 Å². The Bertz CT molecular complexity index is 751. The van der Waals surface area contributed by atoms with Crippen LogP contribution in [0.5, 0.6) is 0 Å². The fraction of sp³-hybridized carbons (Fsp3) is 0. The lowest BCUT2D eigenvalue weighted by atomic mass is 9.97. The minimum Gasteiger partial charge on any atom is -0.396 e. The number of hydrogen-bond acceptors (Lipinski definition) is 3. The number of nitrogens with two attached hydrogens (primary N) is 1. The Labute approximate surface area is 110 Å². The quantitative estimate of drug-likeness (QED) is 0.559. The van der Waals surface area contributed by atoms with Gasteiger partial charge >= 0.3 is 0 Å². The summed E-state index contributed by atoms with van der Waals surface area (Å²) in [6.45, 7) is 0. The van der Waals surface area contributed by atoms with E-state index in [-0.39, 0.29) is 0 Å². The predicted octanol–water partition coefficient (Wildman–Crippen LogP) is 3.30. The van der Waals surface area contributed by atoms with Crippen LogP contribution in [-0.4, -0.2) is 11.3 Å². The Hall–Kier alpha value is -2.68. The molecule has 3 aromatic rings. The molecule has 2 aromatic carbocycles. The number of nitrogen functional groups attached to an aromatic ring is 1. The smallest absolute Gasteiger partial charge is 0.152 e. The van der Waals surface area contributed by atoms with Crippen molar-refractivity contribution >= 4 is 22.9 Å². The number of pyridine rings is 1. The molecule has 0 bridgehead atoms. The first-order chi connectivity index (χ1) is 9.31. The summed E-state index contributed by atoms with van der Waals surface area (Å²) < 4.78 is 0. The number of aldehydes is 1. The zero-order valence-electron chi connectivity index (χ0n) is 10.2. The van der Waals surface area contributed by atoms with Gasteiger partial charge in [0.1, 0.15) is 0 Å². The second-order valence-electron chi connectivity index (χ2n) is 4.31. The van der Waals surface area contributed by atoms with Gasteiger partial charge in [-0.1, -0.05) is 36.4 Å². The van der Waals surface area contributed by atoms with Gasteiger partial charge in [0.15, 0.2) is 6.29 Å². The Balaban J connectivity index is 2.42. The first kappa shape index (κ1) is 11.4. The van der Waals surface area contributed by atoms with Crippen molar-refractivity contribution in [3.05, 3.63) is 60.3 Å². The molecule has 0 atom stereocenters. The molecule has 0 unspecified atom stereocenters. The summed E-state index contributed by atoms with van der Waals surface area (Å²) in [6, 6.07) is 15.6. The molecule has 3 nitrogen and oxygen atoms in total. The number of fused-ring (bicyclic) bond motifs is 1. The molecule has 92 valence electrons. The summed E-state index contributed by atoms with van der Waals surface area (Å²) in [5.74, 6) is 0. The molecular weight excluding hydrogens is 236 g/mol. The monoisotopic (exact) mass is 248 g/mol. The molecule has 19 heavy (non-hydrogen) atoms. The van der Waals surface area contributed by atoms with Crippen LogP contribution in [-0.2, 0) is 0 Å². The molecule has 3 heteroatoms. The molecule has 1 aromatic heterocycles. The zero-order chi connectivity index (χ0) is 13.2. The summed E-state index contributed by atoms with van der Waals surface area (Å²) in [7, 11) is 0. The van der Waals surface area contributed by atoms with Crippen molar-refractivity contribution in [3.63, 3.8) is 0 Å². The molecule has 0 saturated carbocycles. The van der Waals surface area contributed by atoms with E-state index in [2.05, 4.69) is 4.98 Å². The van der Waals surface area contributed by atoms with E-state index in [1.807, 2.05) is 48.5 Å². The van der Waals surface area contributed by atoms with Crippen LogP contribution in [0.25, 0.3) is 22.0 Å². The lowest BCUT2D eigenvalue weighted by Crippen LogP contribution is -1.97. The van der Waals surface area contributed by atoms with E-state index >= 15 is 0 Å². The van der Waals surface area contributed by atoms with Crippen molar-refractivity contribution in [1.82, 2.24) is 4.98 Å². The van der Waals surface area contributed by atoms with E-state index < -0.39 is 0 Å². The predicted molar refractivity (Wildman–Crippen MR) is 77.0 cm³/mol. The van der Waals surface area contributed by atoms with Gasteiger partial charge in [0.05, 0.1) is 11.2 Å². The maximum absolute atomic E-state index is 11.1. The Morgan fingerprint density at radius 1 is 1.05 bits per heavy atom. The average Bonchev–Trinajstić information content (AvgIpc) is 2.49. The van der Waals surface area contributed by atoms with E-state index in [1.54, 1.807) is 6.20 Å². The Morgan fingerprint density at radius 3 is 2.58 bits per heavy atom. The molecule has 2 N–H and O–H groups in total. The molecule has 3 rings (SSSR count). The van der Waals surface area contributed by atoms with Gasteiger partial charge in [-0.05, 0) is 23.3 Å². The van der Waals surface area contributed by atoms with Gasteiger partial charge in [-0.15, -0.1) is 0 Å². The first-order valence-electron chi connectivity index (χ1n) is 5.99. The number of carbonyl (C=O) groups excluding carboxylic acids is 1. The normalized spacial score (nSPS) is 10.5. The van der Waals surface area contributed by atoms with Crippen molar-refractivity contribution in [2.75, 3.05) is 5.73 Å². The van der Waals surface area contributed by atoms with Crippen LogP contribution < -0.4 is 5.73 Å². The van der Waals surface area contributed by atoms with Gasteiger partial charge in [-0.25, -0.2) is 0 Å². The van der Waals surface area contributed by atoms with Gasteiger partial charge in [0, 0.05) is 17.1 Å². The maximum atomic E-state index is 11.1. The van der Waals surface area contributed by atoms with Crippen molar-refractivity contribution in [1.29, 1.82) is 0 Å². The molecule has 1 heterocycles. The summed E-state index contributed by atoms with van der Waals surface area (Å²) >= 11 is 0. The largest absolute Gasteiger partial charge is 0.396 e. The number of benzene rings is 2. The van der Waals surface area contributed by atoms with Gasteiger partial charge < -0.3 is 5.73 Å². The Kier molecular flexibility index (Phi) is 2.72. The molecule has 0 aliphatic rings. The van der Waals surface area contributed by atoms with Crippen LogP contribution in [0, 0.1) is 0 Å². The highest BCUT2D eigenvalue weighted by Crippen LogP contribution is 2.32. The van der Waals surface area contributed by atoms with E-state index in [1.165, 1.54) is 0 Å². The summed E-state index contributed by atoms with van der Waals surface area (Å²) in [5, 5.41) is 0.955. The third-order valence-corrected chi connectivity index (χ3v) is 3.18. The molecule has 0 saturated heterocycles. The highest BCUT2D eigenvalue weighted by molar-refractivity contribution is 6.06. The fourth-order valence-electron chi connectivity index (χ4n) is 2.24. The summed E-state index contributed by atoms with van der Waals surface area (Å²) in [4.78, 5) is 15.4. The van der Waals surface area contributed by atoms with E-state index in [9.17, 15) is 4.79 Å². The lowest BCUT2D eigenvalue weighted by Gasteiger charge is -2.10. The second kappa shape index (κ2) is 4.53. The number of hydrogen-bond donors (Lipinski definition) is 1. The molecule has 0 amide bonds. The second-order valence-corrected chi connectivity index (χ2v) is 4.31. The summed E-state index contributed by atoms with van der Waals surface area (Å²) in [6.07, 6.45) is 2.46. The van der Waals surface area contributed by atoms with Crippen LogP contribution in [0.2, 0.25) is 0 Å². The summed E-state index contributed by atoms with van der Waals surface area (Å²) in [5.41, 5.74) is 9.58. The molecule has 0 spiro atoms. The molecular formula is C16H12N2O. The van der Waals surface area contributed by atoms with Crippen LogP contribution in [0.1, 0.15) is 10.4 Å². The fourth-order valence-corrected chi connectivity index (χ4v) is 2.24. The van der Waals surface area contributed by atoms with E-state index in [0.29, 0.717) is 16.8 Å². The SMILES string of the molecule is Nc1c(C=O)cc(-c2ccccc2)c2cccnc12. The van der Waals surface area contributed by atoms with E-state index in [0.717, 1.165) is 22.8 Å². The van der Waals surface area contributed by atoms with Crippen LogP contribution >= 0.6 is 0 Å². The minimum atomic E-state index is 0.435. The van der Waals surface area contributed by atoms with Crippen LogP contribution in [0.15, 0.2) is 54.7 Å². The topological polar surface area (TPSA) is 56.0 Å². The van der Waals surface area contributed by atoms with Crippen molar-refractivity contribution < 1.29 is 4.79 Å².